The Morgan fingerprint density at radius 3 is 2.39 bits per heavy atom. The number of hydrogen-bond acceptors (Lipinski definition) is 4. The topological polar surface area (TPSA) is 64.4 Å². The molecule has 0 atom stereocenters. The molecule has 0 aliphatic rings. The van der Waals surface area contributed by atoms with E-state index < -0.39 is 0 Å². The second kappa shape index (κ2) is 8.88. The number of para-hydroxylation sites is 1. The Morgan fingerprint density at radius 2 is 1.68 bits per heavy atom. The number of oxazole rings is 1. The Balaban J connectivity index is 1.62. The van der Waals surface area contributed by atoms with Crippen LogP contribution in [0.4, 0.5) is 5.69 Å². The summed E-state index contributed by atoms with van der Waals surface area (Å²) in [5.74, 6) is 1.63. The lowest BCUT2D eigenvalue weighted by Crippen LogP contribution is -2.14. The minimum absolute atomic E-state index is 0.200. The molecule has 4 rings (SSSR count). The van der Waals surface area contributed by atoms with Crippen molar-refractivity contribution in [3.63, 3.8) is 0 Å². The standard InChI is InChI=1S/C26H24N2O3/c1-4-30-20-14-12-19(13-15-20)23-16-27-26(31-23)22-11-6-5-10-21(22)25(29)28-24-17(2)8-7-9-18(24)3/h5-16H,4H2,1-3H3,(H,28,29). The first kappa shape index (κ1) is 20.4. The molecule has 3 aromatic carbocycles. The molecule has 5 nitrogen and oxygen atoms in total. The van der Waals surface area contributed by atoms with Crippen LogP contribution in [-0.2, 0) is 0 Å². The Morgan fingerprint density at radius 1 is 0.968 bits per heavy atom. The molecule has 0 spiro atoms. The van der Waals surface area contributed by atoms with Crippen LogP contribution in [0.1, 0.15) is 28.4 Å². The molecule has 0 aliphatic carbocycles. The number of hydrogen-bond donors (Lipinski definition) is 1. The van der Waals surface area contributed by atoms with E-state index in [0.29, 0.717) is 29.4 Å². The van der Waals surface area contributed by atoms with Crippen molar-refractivity contribution >= 4 is 11.6 Å². The van der Waals surface area contributed by atoms with Gasteiger partial charge in [-0.25, -0.2) is 4.98 Å². The average molecular weight is 412 g/mol. The zero-order valence-electron chi connectivity index (χ0n) is 17.8. The van der Waals surface area contributed by atoms with Gasteiger partial charge in [0.1, 0.15) is 5.75 Å². The summed E-state index contributed by atoms with van der Waals surface area (Å²) in [7, 11) is 0. The van der Waals surface area contributed by atoms with Gasteiger partial charge in [-0.15, -0.1) is 0 Å². The summed E-state index contributed by atoms with van der Waals surface area (Å²) in [5, 5.41) is 3.04. The number of aromatic nitrogens is 1. The van der Waals surface area contributed by atoms with Crippen molar-refractivity contribution < 1.29 is 13.9 Å². The highest BCUT2D eigenvalue weighted by Crippen LogP contribution is 2.30. The number of benzene rings is 3. The summed E-state index contributed by atoms with van der Waals surface area (Å²) in [6.07, 6.45) is 1.67. The molecule has 0 unspecified atom stereocenters. The number of nitrogens with one attached hydrogen (secondary N) is 1. The second-order valence-corrected chi connectivity index (χ2v) is 7.25. The van der Waals surface area contributed by atoms with Crippen molar-refractivity contribution in [2.24, 2.45) is 0 Å². The van der Waals surface area contributed by atoms with Gasteiger partial charge in [-0.2, -0.15) is 0 Å². The molecule has 1 aromatic heterocycles. The quantitative estimate of drug-likeness (QED) is 0.405. The summed E-state index contributed by atoms with van der Waals surface area (Å²) in [5.41, 5.74) is 4.89. The fraction of sp³-hybridized carbons (Fsp3) is 0.154. The maximum Gasteiger partial charge on any atom is 0.256 e. The summed E-state index contributed by atoms with van der Waals surface area (Å²) in [6.45, 7) is 6.52. The third kappa shape index (κ3) is 4.36. The number of rotatable bonds is 6. The monoisotopic (exact) mass is 412 g/mol. The number of amides is 1. The lowest BCUT2D eigenvalue weighted by Gasteiger charge is -2.12. The van der Waals surface area contributed by atoms with E-state index in [1.807, 2.05) is 81.4 Å². The summed E-state index contributed by atoms with van der Waals surface area (Å²) >= 11 is 0. The van der Waals surface area contributed by atoms with Crippen molar-refractivity contribution in [2.45, 2.75) is 20.8 Å². The van der Waals surface area contributed by atoms with E-state index in [0.717, 1.165) is 28.1 Å². The van der Waals surface area contributed by atoms with E-state index in [2.05, 4.69) is 10.3 Å². The highest BCUT2D eigenvalue weighted by molar-refractivity contribution is 6.08. The van der Waals surface area contributed by atoms with E-state index in [-0.39, 0.29) is 5.91 Å². The molecule has 0 aliphatic heterocycles. The SMILES string of the molecule is CCOc1ccc(-c2cnc(-c3ccccc3C(=O)Nc3c(C)cccc3C)o2)cc1. The van der Waals surface area contributed by atoms with Gasteiger partial charge in [0.15, 0.2) is 5.76 Å². The van der Waals surface area contributed by atoms with Gasteiger partial charge >= 0.3 is 0 Å². The maximum absolute atomic E-state index is 13.1. The number of carbonyl (C=O) groups is 1. The van der Waals surface area contributed by atoms with Crippen molar-refractivity contribution in [2.75, 3.05) is 11.9 Å². The van der Waals surface area contributed by atoms with Crippen LogP contribution < -0.4 is 10.1 Å². The molecule has 5 heteroatoms. The largest absolute Gasteiger partial charge is 0.494 e. The average Bonchev–Trinajstić information content (AvgIpc) is 3.27. The second-order valence-electron chi connectivity index (χ2n) is 7.25. The van der Waals surface area contributed by atoms with E-state index in [1.165, 1.54) is 0 Å². The fourth-order valence-corrected chi connectivity index (χ4v) is 3.47. The molecule has 1 N–H and O–H groups in total. The normalized spacial score (nSPS) is 10.7. The van der Waals surface area contributed by atoms with Crippen LogP contribution in [0, 0.1) is 13.8 Å². The van der Waals surface area contributed by atoms with Crippen LogP contribution >= 0.6 is 0 Å². The van der Waals surface area contributed by atoms with E-state index in [9.17, 15) is 4.79 Å². The van der Waals surface area contributed by atoms with Gasteiger partial charge in [0.2, 0.25) is 5.89 Å². The van der Waals surface area contributed by atoms with Crippen LogP contribution in [-0.4, -0.2) is 17.5 Å². The molecule has 31 heavy (non-hydrogen) atoms. The van der Waals surface area contributed by atoms with Crippen LogP contribution in [0.15, 0.2) is 77.3 Å². The van der Waals surface area contributed by atoms with Crippen molar-refractivity contribution in [3.8, 4) is 28.5 Å². The van der Waals surface area contributed by atoms with Crippen molar-refractivity contribution in [1.29, 1.82) is 0 Å². The molecule has 0 radical (unpaired) electrons. The smallest absolute Gasteiger partial charge is 0.256 e. The Labute approximate surface area is 181 Å². The Bertz CT molecular complexity index is 1190. The molecule has 4 aromatic rings. The van der Waals surface area contributed by atoms with Crippen molar-refractivity contribution in [3.05, 3.63) is 89.6 Å². The molecular formula is C26H24N2O3. The number of anilines is 1. The van der Waals surface area contributed by atoms with Crippen molar-refractivity contribution in [1.82, 2.24) is 4.98 Å². The van der Waals surface area contributed by atoms with Gasteiger partial charge in [-0.1, -0.05) is 30.3 Å². The summed E-state index contributed by atoms with van der Waals surface area (Å²) in [6, 6.07) is 20.9. The minimum atomic E-state index is -0.200. The number of nitrogens with zero attached hydrogens (tertiary/aromatic N) is 1. The first-order chi connectivity index (χ1) is 15.1. The minimum Gasteiger partial charge on any atom is -0.494 e. The first-order valence-electron chi connectivity index (χ1n) is 10.2. The molecule has 0 saturated carbocycles. The Hall–Kier alpha value is -3.86. The van der Waals surface area contributed by atoms with E-state index in [1.54, 1.807) is 12.3 Å². The van der Waals surface area contributed by atoms with Gasteiger partial charge in [-0.3, -0.25) is 4.79 Å². The van der Waals surface area contributed by atoms with Gasteiger partial charge in [-0.05, 0) is 68.3 Å². The lowest BCUT2D eigenvalue weighted by atomic mass is 10.1. The number of carbonyl (C=O) groups excluding carboxylic acids is 1. The predicted octanol–water partition coefficient (Wildman–Crippen LogP) is 6.28. The molecular weight excluding hydrogens is 388 g/mol. The summed E-state index contributed by atoms with van der Waals surface area (Å²) < 4.78 is 11.5. The van der Waals surface area contributed by atoms with Crippen LogP contribution in [0.5, 0.6) is 5.75 Å². The highest BCUT2D eigenvalue weighted by Gasteiger charge is 2.18. The van der Waals surface area contributed by atoms with Gasteiger partial charge < -0.3 is 14.5 Å². The Kier molecular flexibility index (Phi) is 5.85. The van der Waals surface area contributed by atoms with E-state index in [4.69, 9.17) is 9.15 Å². The van der Waals surface area contributed by atoms with Gasteiger partial charge in [0.25, 0.3) is 5.91 Å². The van der Waals surface area contributed by atoms with Crippen LogP contribution in [0.3, 0.4) is 0 Å². The molecule has 0 bridgehead atoms. The number of ether oxygens (including phenoxy) is 1. The molecule has 156 valence electrons. The molecule has 0 saturated heterocycles. The molecule has 1 heterocycles. The first-order valence-corrected chi connectivity index (χ1v) is 10.2. The zero-order valence-corrected chi connectivity index (χ0v) is 17.8. The van der Waals surface area contributed by atoms with Gasteiger partial charge in [0, 0.05) is 16.8 Å². The predicted molar refractivity (Wildman–Crippen MR) is 122 cm³/mol. The maximum atomic E-state index is 13.1. The third-order valence-electron chi connectivity index (χ3n) is 5.08. The lowest BCUT2D eigenvalue weighted by molar-refractivity contribution is 0.102. The highest BCUT2D eigenvalue weighted by atomic mass is 16.5. The third-order valence-corrected chi connectivity index (χ3v) is 5.08. The fourth-order valence-electron chi connectivity index (χ4n) is 3.47. The molecule has 0 fully saturated rings. The zero-order chi connectivity index (χ0) is 21.8. The van der Waals surface area contributed by atoms with Gasteiger partial charge in [0.05, 0.1) is 18.4 Å². The van der Waals surface area contributed by atoms with Crippen LogP contribution in [0.2, 0.25) is 0 Å². The van der Waals surface area contributed by atoms with E-state index >= 15 is 0 Å². The van der Waals surface area contributed by atoms with Crippen LogP contribution in [0.25, 0.3) is 22.8 Å². The number of aryl methyl sites for hydroxylation is 2. The molecule has 1 amide bonds. The summed E-state index contributed by atoms with van der Waals surface area (Å²) in [4.78, 5) is 17.5.